The normalized spacial score (nSPS) is 11.5. The smallest absolute Gasteiger partial charge is 0.164 e. The van der Waals surface area contributed by atoms with Crippen LogP contribution in [-0.4, -0.2) is 15.0 Å². The van der Waals surface area contributed by atoms with Crippen LogP contribution in [0.1, 0.15) is 0 Å². The minimum atomic E-state index is 0.638. The first kappa shape index (κ1) is 32.7. The molecule has 57 heavy (non-hydrogen) atoms. The molecule has 0 spiro atoms. The maximum Gasteiger partial charge on any atom is 0.164 e. The Morgan fingerprint density at radius 1 is 0.281 bits per heavy atom. The average molecular weight is 728 g/mol. The van der Waals surface area contributed by atoms with Crippen LogP contribution in [0.2, 0.25) is 0 Å². The quantitative estimate of drug-likeness (QED) is 0.171. The SMILES string of the molecule is c1ccc(-c2nc(-c3ccccc3)nc(-c3cc(-c4ccc(-c5cccc6oc7ccc(-c8cccc9ccccc89)cc7c56)cc4)cc4ccccc34)n2)cc1. The summed E-state index contributed by atoms with van der Waals surface area (Å²) in [5.41, 5.74) is 11.4. The Balaban J connectivity index is 1.02. The number of nitrogens with zero attached hydrogens (tertiary/aromatic N) is 3. The van der Waals surface area contributed by atoms with E-state index in [1.54, 1.807) is 0 Å². The maximum atomic E-state index is 6.44. The molecule has 0 amide bonds. The van der Waals surface area contributed by atoms with Crippen LogP contribution in [0.25, 0.3) is 111 Å². The van der Waals surface area contributed by atoms with Crippen molar-refractivity contribution in [2.45, 2.75) is 0 Å². The van der Waals surface area contributed by atoms with Crippen molar-refractivity contribution < 1.29 is 4.42 Å². The fourth-order valence-electron chi connectivity index (χ4n) is 8.15. The largest absolute Gasteiger partial charge is 0.456 e. The molecule has 11 aromatic rings. The lowest BCUT2D eigenvalue weighted by Gasteiger charge is -2.13. The predicted octanol–water partition coefficient (Wildman–Crippen LogP) is 14.1. The molecular weight excluding hydrogens is 695 g/mol. The highest BCUT2D eigenvalue weighted by Crippen LogP contribution is 2.41. The number of rotatable bonds is 6. The van der Waals surface area contributed by atoms with Gasteiger partial charge in [0, 0.05) is 27.5 Å². The minimum Gasteiger partial charge on any atom is -0.456 e. The van der Waals surface area contributed by atoms with Crippen LogP contribution < -0.4 is 0 Å². The fourth-order valence-corrected chi connectivity index (χ4v) is 8.15. The lowest BCUT2D eigenvalue weighted by Crippen LogP contribution is -2.00. The van der Waals surface area contributed by atoms with E-state index in [1.807, 2.05) is 60.7 Å². The van der Waals surface area contributed by atoms with Crippen molar-refractivity contribution in [2.75, 3.05) is 0 Å². The molecule has 9 aromatic carbocycles. The van der Waals surface area contributed by atoms with E-state index in [0.29, 0.717) is 17.5 Å². The first-order valence-corrected chi connectivity index (χ1v) is 19.2. The van der Waals surface area contributed by atoms with Gasteiger partial charge in [0.05, 0.1) is 0 Å². The highest BCUT2D eigenvalue weighted by molar-refractivity contribution is 6.14. The second-order valence-corrected chi connectivity index (χ2v) is 14.4. The molecule has 4 heteroatoms. The number of benzene rings is 9. The molecule has 2 heterocycles. The number of furan rings is 1. The molecule has 0 saturated carbocycles. The molecule has 4 nitrogen and oxygen atoms in total. The molecule has 11 rings (SSSR count). The van der Waals surface area contributed by atoms with E-state index < -0.39 is 0 Å². The Hall–Kier alpha value is -7.69. The van der Waals surface area contributed by atoms with Crippen LogP contribution >= 0.6 is 0 Å². The summed E-state index contributed by atoms with van der Waals surface area (Å²) in [6.45, 7) is 0. The van der Waals surface area contributed by atoms with Gasteiger partial charge in [0.1, 0.15) is 11.2 Å². The fraction of sp³-hybridized carbons (Fsp3) is 0. The van der Waals surface area contributed by atoms with E-state index >= 15 is 0 Å². The number of fused-ring (bicyclic) bond motifs is 5. The molecule has 0 fully saturated rings. The molecular formula is C53H33N3O. The second-order valence-electron chi connectivity index (χ2n) is 14.4. The lowest BCUT2D eigenvalue weighted by molar-refractivity contribution is 0.669. The molecule has 0 unspecified atom stereocenters. The molecule has 0 bridgehead atoms. The zero-order valence-electron chi connectivity index (χ0n) is 30.8. The first-order valence-electron chi connectivity index (χ1n) is 19.2. The maximum absolute atomic E-state index is 6.44. The third-order valence-electron chi connectivity index (χ3n) is 10.9. The molecule has 0 aliphatic heterocycles. The monoisotopic (exact) mass is 727 g/mol. The third-order valence-corrected chi connectivity index (χ3v) is 10.9. The van der Waals surface area contributed by atoms with Gasteiger partial charge in [0.2, 0.25) is 0 Å². The molecule has 0 N–H and O–H groups in total. The van der Waals surface area contributed by atoms with Crippen molar-refractivity contribution in [3.8, 4) is 67.5 Å². The summed E-state index contributed by atoms with van der Waals surface area (Å²) in [5, 5.41) is 6.90. The van der Waals surface area contributed by atoms with Crippen LogP contribution in [0.3, 0.4) is 0 Å². The zero-order valence-corrected chi connectivity index (χ0v) is 30.8. The summed E-state index contributed by atoms with van der Waals surface area (Å²) in [5.74, 6) is 1.92. The Labute approximate surface area is 329 Å². The standard InChI is InChI=1S/C53H33N3O/c1-3-14-37(15-4-1)51-54-52(38-16-5-2-6-17-38)56-53(55-51)46-33-41(31-39-18-8-10-21-44(39)46)34-25-27-36(28-26-34)45-23-12-24-49-50(45)47-32-40(29-30-48(47)57-49)43-22-11-19-35-13-7-9-20-42(35)43/h1-33H. The van der Waals surface area contributed by atoms with Crippen LogP contribution in [0, 0.1) is 0 Å². The van der Waals surface area contributed by atoms with E-state index in [9.17, 15) is 0 Å². The van der Waals surface area contributed by atoms with E-state index in [0.717, 1.165) is 71.7 Å². The summed E-state index contributed by atoms with van der Waals surface area (Å²) in [6, 6.07) is 70.0. The van der Waals surface area contributed by atoms with Crippen LogP contribution in [0.5, 0.6) is 0 Å². The summed E-state index contributed by atoms with van der Waals surface area (Å²) >= 11 is 0. The average Bonchev–Trinajstić information content (AvgIpc) is 3.67. The topological polar surface area (TPSA) is 51.8 Å². The molecule has 266 valence electrons. The predicted molar refractivity (Wildman–Crippen MR) is 235 cm³/mol. The highest BCUT2D eigenvalue weighted by atomic mass is 16.3. The molecule has 0 aliphatic carbocycles. The van der Waals surface area contributed by atoms with Crippen molar-refractivity contribution in [1.82, 2.24) is 15.0 Å². The van der Waals surface area contributed by atoms with Crippen molar-refractivity contribution in [3.05, 3.63) is 200 Å². The van der Waals surface area contributed by atoms with Crippen molar-refractivity contribution in [3.63, 3.8) is 0 Å². The third kappa shape index (κ3) is 5.83. The Morgan fingerprint density at radius 3 is 1.58 bits per heavy atom. The molecule has 0 saturated heterocycles. The van der Waals surface area contributed by atoms with Gasteiger partial charge in [-0.1, -0.05) is 170 Å². The van der Waals surface area contributed by atoms with E-state index in [-0.39, 0.29) is 0 Å². The number of hydrogen-bond donors (Lipinski definition) is 0. The van der Waals surface area contributed by atoms with Crippen LogP contribution in [0.4, 0.5) is 0 Å². The zero-order chi connectivity index (χ0) is 37.7. The van der Waals surface area contributed by atoms with Gasteiger partial charge in [-0.2, -0.15) is 0 Å². The van der Waals surface area contributed by atoms with Gasteiger partial charge in [-0.3, -0.25) is 0 Å². The molecule has 0 aliphatic rings. The summed E-state index contributed by atoms with van der Waals surface area (Å²) in [6.07, 6.45) is 0. The highest BCUT2D eigenvalue weighted by Gasteiger charge is 2.18. The van der Waals surface area contributed by atoms with Gasteiger partial charge in [0.15, 0.2) is 17.5 Å². The van der Waals surface area contributed by atoms with Gasteiger partial charge in [-0.25, -0.2) is 15.0 Å². The van der Waals surface area contributed by atoms with E-state index in [2.05, 4.69) is 140 Å². The number of aromatic nitrogens is 3. The Kier molecular flexibility index (Phi) is 7.78. The Bertz CT molecular complexity index is 3220. The number of hydrogen-bond acceptors (Lipinski definition) is 4. The lowest BCUT2D eigenvalue weighted by atomic mass is 9.93. The summed E-state index contributed by atoms with van der Waals surface area (Å²) < 4.78 is 6.44. The van der Waals surface area contributed by atoms with Gasteiger partial charge in [-0.05, 0) is 85.3 Å². The summed E-state index contributed by atoms with van der Waals surface area (Å²) in [7, 11) is 0. The first-order chi connectivity index (χ1) is 28.2. The van der Waals surface area contributed by atoms with Gasteiger partial charge < -0.3 is 4.42 Å². The molecule has 2 aromatic heterocycles. The Morgan fingerprint density at radius 2 is 0.842 bits per heavy atom. The van der Waals surface area contributed by atoms with E-state index in [4.69, 9.17) is 19.4 Å². The van der Waals surface area contributed by atoms with Crippen molar-refractivity contribution in [2.24, 2.45) is 0 Å². The van der Waals surface area contributed by atoms with E-state index in [1.165, 1.54) is 21.9 Å². The minimum absolute atomic E-state index is 0.638. The molecule has 0 radical (unpaired) electrons. The van der Waals surface area contributed by atoms with Gasteiger partial charge in [-0.15, -0.1) is 0 Å². The van der Waals surface area contributed by atoms with Gasteiger partial charge >= 0.3 is 0 Å². The van der Waals surface area contributed by atoms with Crippen LogP contribution in [0.15, 0.2) is 205 Å². The molecule has 0 atom stereocenters. The van der Waals surface area contributed by atoms with Crippen LogP contribution in [-0.2, 0) is 0 Å². The second kappa shape index (κ2) is 13.6. The van der Waals surface area contributed by atoms with Gasteiger partial charge in [0.25, 0.3) is 0 Å². The van der Waals surface area contributed by atoms with Crippen molar-refractivity contribution in [1.29, 1.82) is 0 Å². The summed E-state index contributed by atoms with van der Waals surface area (Å²) in [4.78, 5) is 15.1. The van der Waals surface area contributed by atoms with Crippen molar-refractivity contribution >= 4 is 43.5 Å².